The van der Waals surface area contributed by atoms with E-state index in [0.29, 0.717) is 0 Å². The highest BCUT2D eigenvalue weighted by Gasteiger charge is 2.06. The third-order valence-electron chi connectivity index (χ3n) is 3.41. The monoisotopic (exact) mass is 292 g/mol. The van der Waals surface area contributed by atoms with Crippen molar-refractivity contribution >= 4 is 55.0 Å². The molecule has 2 heterocycles. The molecule has 0 spiro atoms. The standard InChI is InChI=1S/C18H12S2/c1-2-9-17-15(7-1)16-8-3-5-13(18(16)20-17)10-11-14-6-4-12-19-14/h1-12H/b11-10+. The number of hydrogen-bond donors (Lipinski definition) is 0. The van der Waals surface area contributed by atoms with Gasteiger partial charge < -0.3 is 0 Å². The summed E-state index contributed by atoms with van der Waals surface area (Å²) in [6, 6.07) is 19.4. The summed E-state index contributed by atoms with van der Waals surface area (Å²) in [5, 5.41) is 4.83. The zero-order valence-corrected chi connectivity index (χ0v) is 12.4. The molecular weight excluding hydrogens is 280 g/mol. The molecule has 0 atom stereocenters. The number of hydrogen-bond acceptors (Lipinski definition) is 2. The Hall–Kier alpha value is -1.90. The van der Waals surface area contributed by atoms with Crippen molar-refractivity contribution in [2.45, 2.75) is 0 Å². The summed E-state index contributed by atoms with van der Waals surface area (Å²) >= 11 is 3.65. The lowest BCUT2D eigenvalue weighted by atomic mass is 10.1. The van der Waals surface area contributed by atoms with Crippen LogP contribution >= 0.6 is 22.7 Å². The molecule has 0 nitrogen and oxygen atoms in total. The second kappa shape index (κ2) is 4.89. The first-order chi connectivity index (χ1) is 9.92. The minimum Gasteiger partial charge on any atom is -0.144 e. The Labute approximate surface area is 125 Å². The van der Waals surface area contributed by atoms with Crippen LogP contribution in [0, 0.1) is 0 Å². The van der Waals surface area contributed by atoms with Gasteiger partial charge >= 0.3 is 0 Å². The minimum atomic E-state index is 1.29. The van der Waals surface area contributed by atoms with Crippen LogP contribution in [0.25, 0.3) is 32.3 Å². The van der Waals surface area contributed by atoms with Crippen LogP contribution in [0.2, 0.25) is 0 Å². The number of benzene rings is 2. The predicted molar refractivity (Wildman–Crippen MR) is 92.6 cm³/mol. The van der Waals surface area contributed by atoms with Crippen LogP contribution in [0.4, 0.5) is 0 Å². The maximum atomic E-state index is 2.23. The van der Waals surface area contributed by atoms with Gasteiger partial charge in [-0.1, -0.05) is 48.5 Å². The molecule has 0 aliphatic heterocycles. The second-order valence-electron chi connectivity index (χ2n) is 4.67. The largest absolute Gasteiger partial charge is 0.144 e. The number of fused-ring (bicyclic) bond motifs is 3. The predicted octanol–water partition coefficient (Wildman–Crippen LogP) is 6.29. The molecule has 96 valence electrons. The zero-order chi connectivity index (χ0) is 13.4. The molecule has 0 N–H and O–H groups in total. The highest BCUT2D eigenvalue weighted by Crippen LogP contribution is 2.36. The molecular formula is C18H12S2. The molecule has 0 aliphatic carbocycles. The van der Waals surface area contributed by atoms with Crippen LogP contribution in [0.5, 0.6) is 0 Å². The van der Waals surface area contributed by atoms with Gasteiger partial charge in [-0.25, -0.2) is 0 Å². The van der Waals surface area contributed by atoms with E-state index in [1.807, 2.05) is 11.3 Å². The van der Waals surface area contributed by atoms with Crippen molar-refractivity contribution in [3.05, 3.63) is 70.4 Å². The van der Waals surface area contributed by atoms with E-state index in [4.69, 9.17) is 0 Å². The Morgan fingerprint density at radius 1 is 0.750 bits per heavy atom. The third kappa shape index (κ3) is 1.98. The van der Waals surface area contributed by atoms with E-state index in [1.54, 1.807) is 11.3 Å². The fraction of sp³-hybridized carbons (Fsp3) is 0. The minimum absolute atomic E-state index is 1.29. The lowest BCUT2D eigenvalue weighted by Gasteiger charge is -1.96. The highest BCUT2D eigenvalue weighted by atomic mass is 32.1. The van der Waals surface area contributed by atoms with Gasteiger partial charge in [-0.15, -0.1) is 22.7 Å². The molecule has 0 unspecified atom stereocenters. The van der Waals surface area contributed by atoms with E-state index in [2.05, 4.69) is 72.1 Å². The molecule has 4 rings (SSSR count). The average Bonchev–Trinajstić information content (AvgIpc) is 3.12. The van der Waals surface area contributed by atoms with Crippen LogP contribution in [0.1, 0.15) is 10.4 Å². The second-order valence-corrected chi connectivity index (χ2v) is 6.70. The maximum absolute atomic E-state index is 2.23. The van der Waals surface area contributed by atoms with Crippen LogP contribution in [-0.4, -0.2) is 0 Å². The SMILES string of the molecule is C(=C\c1cccc2c1sc1ccccc12)/c1cccs1. The molecule has 0 amide bonds. The molecule has 2 aromatic heterocycles. The Morgan fingerprint density at radius 3 is 2.55 bits per heavy atom. The first-order valence-electron chi connectivity index (χ1n) is 6.54. The highest BCUT2D eigenvalue weighted by molar-refractivity contribution is 7.26. The third-order valence-corrected chi connectivity index (χ3v) is 5.48. The van der Waals surface area contributed by atoms with E-state index >= 15 is 0 Å². The maximum Gasteiger partial charge on any atom is 0.0427 e. The van der Waals surface area contributed by atoms with E-state index in [-0.39, 0.29) is 0 Å². The van der Waals surface area contributed by atoms with Gasteiger partial charge in [0.05, 0.1) is 0 Å². The van der Waals surface area contributed by atoms with Crippen LogP contribution in [-0.2, 0) is 0 Å². The van der Waals surface area contributed by atoms with Crippen molar-refractivity contribution in [3.8, 4) is 0 Å². The normalized spacial score (nSPS) is 11.8. The van der Waals surface area contributed by atoms with Crippen LogP contribution < -0.4 is 0 Å². The fourth-order valence-corrected chi connectivity index (χ4v) is 4.27. The van der Waals surface area contributed by atoms with Gasteiger partial charge in [0.2, 0.25) is 0 Å². The van der Waals surface area contributed by atoms with Crippen molar-refractivity contribution in [3.63, 3.8) is 0 Å². The molecule has 20 heavy (non-hydrogen) atoms. The Balaban J connectivity index is 1.91. The van der Waals surface area contributed by atoms with Gasteiger partial charge in [-0.05, 0) is 29.2 Å². The Bertz CT molecular complexity index is 896. The molecule has 4 aromatic rings. The Morgan fingerprint density at radius 2 is 1.65 bits per heavy atom. The molecule has 0 aliphatic rings. The summed E-state index contributed by atoms with van der Waals surface area (Å²) in [7, 11) is 0. The quantitative estimate of drug-likeness (QED) is 0.407. The van der Waals surface area contributed by atoms with Gasteiger partial charge in [0.1, 0.15) is 0 Å². The molecule has 0 radical (unpaired) electrons. The molecule has 0 saturated heterocycles. The van der Waals surface area contributed by atoms with Crippen LogP contribution in [0.15, 0.2) is 60.0 Å². The first kappa shape index (κ1) is 11.9. The summed E-state index contributed by atoms with van der Waals surface area (Å²) in [5.41, 5.74) is 1.30. The van der Waals surface area contributed by atoms with Gasteiger partial charge in [0.15, 0.2) is 0 Å². The van der Waals surface area contributed by atoms with E-state index in [9.17, 15) is 0 Å². The summed E-state index contributed by atoms with van der Waals surface area (Å²) in [4.78, 5) is 1.29. The lowest BCUT2D eigenvalue weighted by Crippen LogP contribution is -1.72. The van der Waals surface area contributed by atoms with Gasteiger partial charge in [0.25, 0.3) is 0 Å². The van der Waals surface area contributed by atoms with Crippen molar-refractivity contribution in [2.75, 3.05) is 0 Å². The van der Waals surface area contributed by atoms with Crippen molar-refractivity contribution in [2.24, 2.45) is 0 Å². The molecule has 0 fully saturated rings. The summed E-state index contributed by atoms with van der Waals surface area (Å²) in [6.45, 7) is 0. The smallest absolute Gasteiger partial charge is 0.0427 e. The summed E-state index contributed by atoms with van der Waals surface area (Å²) in [6.07, 6.45) is 4.42. The van der Waals surface area contributed by atoms with E-state index in [1.165, 1.54) is 30.6 Å². The zero-order valence-electron chi connectivity index (χ0n) is 10.7. The number of rotatable bonds is 2. The Kier molecular flexibility index (Phi) is 2.91. The lowest BCUT2D eigenvalue weighted by molar-refractivity contribution is 1.80. The van der Waals surface area contributed by atoms with Crippen molar-refractivity contribution < 1.29 is 0 Å². The van der Waals surface area contributed by atoms with Gasteiger partial charge in [-0.3, -0.25) is 0 Å². The fourth-order valence-electron chi connectivity index (χ4n) is 2.46. The van der Waals surface area contributed by atoms with Gasteiger partial charge in [-0.2, -0.15) is 0 Å². The topological polar surface area (TPSA) is 0 Å². The van der Waals surface area contributed by atoms with Gasteiger partial charge in [0, 0.05) is 25.0 Å². The molecule has 0 saturated carbocycles. The average molecular weight is 292 g/mol. The summed E-state index contributed by atoms with van der Waals surface area (Å²) < 4.78 is 2.74. The van der Waals surface area contributed by atoms with Crippen LogP contribution in [0.3, 0.4) is 0 Å². The summed E-state index contributed by atoms with van der Waals surface area (Å²) in [5.74, 6) is 0. The van der Waals surface area contributed by atoms with Crippen molar-refractivity contribution in [1.82, 2.24) is 0 Å². The first-order valence-corrected chi connectivity index (χ1v) is 8.23. The van der Waals surface area contributed by atoms with E-state index < -0.39 is 0 Å². The molecule has 2 heteroatoms. The van der Waals surface area contributed by atoms with E-state index in [0.717, 1.165) is 0 Å². The molecule has 2 aromatic carbocycles. The molecule has 0 bridgehead atoms. The number of thiophene rings is 2. The van der Waals surface area contributed by atoms with Crippen molar-refractivity contribution in [1.29, 1.82) is 0 Å².